The molecule has 2 aliphatic rings. The van der Waals surface area contributed by atoms with Crippen molar-refractivity contribution in [2.24, 2.45) is 4.99 Å². The second-order valence-corrected chi connectivity index (χ2v) is 7.46. The molecule has 0 unspecified atom stereocenters. The quantitative estimate of drug-likeness (QED) is 0.407. The van der Waals surface area contributed by atoms with Gasteiger partial charge in [-0.1, -0.05) is 12.2 Å². The van der Waals surface area contributed by atoms with Gasteiger partial charge in [0.25, 0.3) is 0 Å². The Balaban J connectivity index is 1.46. The number of guanidine groups is 1. The number of aliphatic imine (C=N–C) groups is 1. The fraction of sp³-hybridized carbons (Fsp3) is 0.600. The second-order valence-electron chi connectivity index (χ2n) is 7.46. The van der Waals surface area contributed by atoms with Gasteiger partial charge in [-0.05, 0) is 31.9 Å². The van der Waals surface area contributed by atoms with Crippen molar-refractivity contribution in [3.05, 3.63) is 36.3 Å². The third-order valence-corrected chi connectivity index (χ3v) is 4.71. The Labute approximate surface area is 161 Å². The minimum atomic E-state index is 0.152. The van der Waals surface area contributed by atoms with Gasteiger partial charge in [0.05, 0.1) is 19.4 Å². The fourth-order valence-corrected chi connectivity index (χ4v) is 3.05. The Kier molecular flexibility index (Phi) is 6.92. The van der Waals surface area contributed by atoms with E-state index < -0.39 is 0 Å². The highest BCUT2D eigenvalue weighted by Gasteiger charge is 2.25. The topological polar surface area (TPSA) is 73.1 Å². The van der Waals surface area contributed by atoms with Crippen LogP contribution in [-0.4, -0.2) is 73.5 Å². The van der Waals surface area contributed by atoms with Crippen LogP contribution < -0.4 is 10.6 Å². The molecule has 0 bridgehead atoms. The van der Waals surface area contributed by atoms with E-state index in [1.807, 2.05) is 19.1 Å². The summed E-state index contributed by atoms with van der Waals surface area (Å²) in [5, 5.41) is 6.51. The molecule has 1 aromatic rings. The maximum Gasteiger partial charge on any atom is 0.234 e. The molecule has 2 fully saturated rings. The number of nitrogens with zero attached hydrogens (tertiary/aromatic N) is 3. The average Bonchev–Trinajstić information content (AvgIpc) is 3.29. The van der Waals surface area contributed by atoms with Crippen molar-refractivity contribution in [1.82, 2.24) is 20.4 Å². The molecule has 2 heterocycles. The van der Waals surface area contributed by atoms with Gasteiger partial charge in [0, 0.05) is 45.2 Å². The van der Waals surface area contributed by atoms with Crippen LogP contribution in [0.2, 0.25) is 0 Å². The van der Waals surface area contributed by atoms with Crippen molar-refractivity contribution in [2.45, 2.75) is 32.2 Å². The summed E-state index contributed by atoms with van der Waals surface area (Å²) in [5.41, 5.74) is 1.04. The fourth-order valence-electron chi connectivity index (χ4n) is 3.05. The van der Waals surface area contributed by atoms with E-state index in [2.05, 4.69) is 27.0 Å². The normalized spacial score (nSPS) is 18.4. The van der Waals surface area contributed by atoms with Crippen molar-refractivity contribution in [1.29, 1.82) is 0 Å². The predicted molar refractivity (Wildman–Crippen MR) is 107 cm³/mol. The first kappa shape index (κ1) is 19.5. The zero-order valence-electron chi connectivity index (χ0n) is 16.2. The highest BCUT2D eigenvalue weighted by atomic mass is 16.3. The van der Waals surface area contributed by atoms with Crippen LogP contribution in [0.5, 0.6) is 0 Å². The molecule has 0 radical (unpaired) electrons. The van der Waals surface area contributed by atoms with E-state index in [1.54, 1.807) is 6.26 Å². The molecule has 7 heteroatoms. The molecular formula is C20H31N5O2. The first-order chi connectivity index (χ1) is 13.1. The molecule has 148 valence electrons. The highest BCUT2D eigenvalue weighted by molar-refractivity contribution is 5.80. The van der Waals surface area contributed by atoms with Gasteiger partial charge in [0.1, 0.15) is 5.76 Å². The summed E-state index contributed by atoms with van der Waals surface area (Å²) < 4.78 is 5.39. The van der Waals surface area contributed by atoms with Crippen LogP contribution >= 0.6 is 0 Å². The molecule has 1 amide bonds. The van der Waals surface area contributed by atoms with Crippen molar-refractivity contribution >= 4 is 11.9 Å². The van der Waals surface area contributed by atoms with E-state index in [9.17, 15) is 4.79 Å². The third-order valence-electron chi connectivity index (χ3n) is 4.71. The van der Waals surface area contributed by atoms with Gasteiger partial charge in [0.2, 0.25) is 5.91 Å². The number of furan rings is 1. The van der Waals surface area contributed by atoms with Crippen LogP contribution in [0, 0.1) is 0 Å². The van der Waals surface area contributed by atoms with Gasteiger partial charge < -0.3 is 20.0 Å². The number of carbonyl (C=O) groups excluding carboxylic acids is 1. The van der Waals surface area contributed by atoms with Crippen molar-refractivity contribution in [3.8, 4) is 0 Å². The van der Waals surface area contributed by atoms with Crippen LogP contribution in [0.25, 0.3) is 0 Å². The van der Waals surface area contributed by atoms with Crippen LogP contribution in [-0.2, 0) is 11.2 Å². The van der Waals surface area contributed by atoms with Gasteiger partial charge in [-0.2, -0.15) is 0 Å². The Morgan fingerprint density at radius 3 is 2.74 bits per heavy atom. The van der Waals surface area contributed by atoms with Gasteiger partial charge in [-0.25, -0.2) is 4.99 Å². The number of amides is 1. The molecule has 0 atom stereocenters. The number of rotatable bonds is 8. The maximum atomic E-state index is 12.0. The average molecular weight is 374 g/mol. The predicted octanol–water partition coefficient (Wildman–Crippen LogP) is 1.24. The first-order valence-corrected chi connectivity index (χ1v) is 9.82. The molecule has 3 rings (SSSR count). The van der Waals surface area contributed by atoms with Crippen LogP contribution in [0.3, 0.4) is 0 Å². The summed E-state index contributed by atoms with van der Waals surface area (Å²) in [5.74, 6) is 2.03. The van der Waals surface area contributed by atoms with E-state index in [1.165, 1.54) is 0 Å². The number of piperazine rings is 1. The maximum absolute atomic E-state index is 12.0. The zero-order valence-corrected chi connectivity index (χ0v) is 16.2. The monoisotopic (exact) mass is 373 g/mol. The van der Waals surface area contributed by atoms with Crippen LogP contribution in [0.1, 0.15) is 25.5 Å². The SMILES string of the molecule is C=C(C)CN=C(NCCc1ccco1)N1CCN(CC(=O)NC2CC2)CC1. The lowest BCUT2D eigenvalue weighted by atomic mass is 10.3. The van der Waals surface area contributed by atoms with E-state index in [0.717, 1.165) is 69.3 Å². The number of nitrogens with one attached hydrogen (secondary N) is 2. The summed E-state index contributed by atoms with van der Waals surface area (Å²) in [6, 6.07) is 4.32. The number of hydrogen-bond acceptors (Lipinski definition) is 4. The molecule has 1 aliphatic carbocycles. The minimum absolute atomic E-state index is 0.152. The molecule has 27 heavy (non-hydrogen) atoms. The van der Waals surface area contributed by atoms with Crippen molar-refractivity contribution < 1.29 is 9.21 Å². The Morgan fingerprint density at radius 2 is 2.11 bits per heavy atom. The second kappa shape index (κ2) is 9.60. The number of hydrogen-bond donors (Lipinski definition) is 2. The smallest absolute Gasteiger partial charge is 0.234 e. The molecule has 1 aliphatic heterocycles. The van der Waals surface area contributed by atoms with Crippen LogP contribution in [0.4, 0.5) is 0 Å². The highest BCUT2D eigenvalue weighted by Crippen LogP contribution is 2.18. The first-order valence-electron chi connectivity index (χ1n) is 9.82. The van der Waals surface area contributed by atoms with E-state index >= 15 is 0 Å². The summed E-state index contributed by atoms with van der Waals surface area (Å²) in [4.78, 5) is 21.2. The molecule has 2 N–H and O–H groups in total. The zero-order chi connectivity index (χ0) is 19.1. The molecule has 7 nitrogen and oxygen atoms in total. The van der Waals surface area contributed by atoms with Crippen molar-refractivity contribution in [2.75, 3.05) is 45.8 Å². The molecule has 1 aromatic heterocycles. The third kappa shape index (κ3) is 6.75. The lowest BCUT2D eigenvalue weighted by molar-refractivity contribution is -0.122. The minimum Gasteiger partial charge on any atom is -0.469 e. The Morgan fingerprint density at radius 1 is 1.33 bits per heavy atom. The van der Waals surface area contributed by atoms with Crippen molar-refractivity contribution in [3.63, 3.8) is 0 Å². The Bertz CT molecular complexity index is 643. The van der Waals surface area contributed by atoms with Gasteiger partial charge >= 0.3 is 0 Å². The lowest BCUT2D eigenvalue weighted by Gasteiger charge is -2.36. The van der Waals surface area contributed by atoms with Gasteiger partial charge in [-0.3, -0.25) is 9.69 Å². The van der Waals surface area contributed by atoms with Gasteiger partial charge in [-0.15, -0.1) is 0 Å². The molecule has 0 spiro atoms. The Hall–Kier alpha value is -2.28. The lowest BCUT2D eigenvalue weighted by Crippen LogP contribution is -2.54. The summed E-state index contributed by atoms with van der Waals surface area (Å²) >= 11 is 0. The number of carbonyl (C=O) groups is 1. The van der Waals surface area contributed by atoms with Gasteiger partial charge in [0.15, 0.2) is 5.96 Å². The van der Waals surface area contributed by atoms with E-state index in [4.69, 9.17) is 9.41 Å². The standard InChI is InChI=1S/C20H31N5O2/c1-16(2)14-22-20(21-8-7-18-4-3-13-27-18)25-11-9-24(10-12-25)15-19(26)23-17-5-6-17/h3-4,13,17H,1,5-12,14-15H2,2H3,(H,21,22)(H,23,26). The molecule has 1 saturated carbocycles. The summed E-state index contributed by atoms with van der Waals surface area (Å²) in [6.45, 7) is 11.3. The summed E-state index contributed by atoms with van der Waals surface area (Å²) in [7, 11) is 0. The molecular weight excluding hydrogens is 342 g/mol. The molecule has 0 aromatic carbocycles. The molecule has 1 saturated heterocycles. The van der Waals surface area contributed by atoms with E-state index in [0.29, 0.717) is 19.1 Å². The van der Waals surface area contributed by atoms with Crippen LogP contribution in [0.15, 0.2) is 40.0 Å². The summed E-state index contributed by atoms with van der Waals surface area (Å²) in [6.07, 6.45) is 4.78. The largest absolute Gasteiger partial charge is 0.469 e. The van der Waals surface area contributed by atoms with E-state index in [-0.39, 0.29) is 5.91 Å².